The van der Waals surface area contributed by atoms with Gasteiger partial charge in [-0.3, -0.25) is 4.68 Å². The van der Waals surface area contributed by atoms with Gasteiger partial charge in [-0.1, -0.05) is 12.1 Å². The molecule has 0 atom stereocenters. The molecule has 0 amide bonds. The van der Waals surface area contributed by atoms with Crippen molar-refractivity contribution in [2.75, 3.05) is 13.1 Å². The van der Waals surface area contributed by atoms with Crippen molar-refractivity contribution >= 4 is 0 Å². The Kier molecular flexibility index (Phi) is 3.31. The molecule has 0 bridgehead atoms. The maximum Gasteiger partial charge on any atom is 0.228 e. The van der Waals surface area contributed by atoms with Gasteiger partial charge in [0.1, 0.15) is 0 Å². The molecule has 6 nitrogen and oxygen atoms in total. The summed E-state index contributed by atoms with van der Waals surface area (Å²) in [6.07, 6.45) is 4.33. The number of hydrogen-bond acceptors (Lipinski definition) is 5. The minimum absolute atomic E-state index is 0.597. The van der Waals surface area contributed by atoms with Crippen LogP contribution in [0.4, 0.5) is 0 Å². The molecule has 0 unspecified atom stereocenters. The second kappa shape index (κ2) is 4.89. The van der Waals surface area contributed by atoms with Crippen LogP contribution in [0.25, 0.3) is 11.4 Å². The van der Waals surface area contributed by atoms with Crippen molar-refractivity contribution in [1.82, 2.24) is 25.2 Å². The molecule has 2 rings (SSSR count). The van der Waals surface area contributed by atoms with E-state index in [2.05, 4.69) is 27.5 Å². The van der Waals surface area contributed by atoms with Crippen molar-refractivity contribution in [2.45, 2.75) is 13.3 Å². The predicted octanol–water partition coefficient (Wildman–Crippen LogP) is 0.622. The minimum Gasteiger partial charge on any atom is -0.339 e. The lowest BCUT2D eigenvalue weighted by atomic mass is 10.3. The molecular weight excluding hydrogens is 206 g/mol. The smallest absolute Gasteiger partial charge is 0.228 e. The van der Waals surface area contributed by atoms with Gasteiger partial charge in [-0.05, 0) is 6.54 Å². The Morgan fingerprint density at radius 1 is 1.50 bits per heavy atom. The van der Waals surface area contributed by atoms with E-state index in [1.165, 1.54) is 0 Å². The molecule has 1 N–H and O–H groups in total. The first-order valence-electron chi connectivity index (χ1n) is 5.32. The molecule has 2 heterocycles. The third-order valence-corrected chi connectivity index (χ3v) is 2.20. The van der Waals surface area contributed by atoms with Crippen LogP contribution in [0.2, 0.25) is 0 Å². The Bertz CT molecular complexity index is 448. The molecule has 0 spiro atoms. The average molecular weight is 221 g/mol. The Morgan fingerprint density at radius 2 is 2.38 bits per heavy atom. The zero-order chi connectivity index (χ0) is 11.4. The van der Waals surface area contributed by atoms with E-state index >= 15 is 0 Å². The molecule has 0 aliphatic rings. The fraction of sp³-hybridized carbons (Fsp3) is 0.500. The van der Waals surface area contributed by atoms with Gasteiger partial charge in [0.2, 0.25) is 11.7 Å². The largest absolute Gasteiger partial charge is 0.339 e. The molecule has 2 aromatic rings. The summed E-state index contributed by atoms with van der Waals surface area (Å²) in [4.78, 5) is 4.29. The summed E-state index contributed by atoms with van der Waals surface area (Å²) in [5.74, 6) is 1.25. The van der Waals surface area contributed by atoms with Crippen molar-refractivity contribution in [3.05, 3.63) is 18.3 Å². The van der Waals surface area contributed by atoms with Crippen molar-refractivity contribution in [3.63, 3.8) is 0 Å². The van der Waals surface area contributed by atoms with Crippen LogP contribution >= 0.6 is 0 Å². The number of rotatable bonds is 5. The third kappa shape index (κ3) is 2.46. The SMILES string of the molecule is CCNCCc1nc(-c2cnn(C)c2)no1. The van der Waals surface area contributed by atoms with Gasteiger partial charge in [0.25, 0.3) is 0 Å². The first kappa shape index (κ1) is 10.8. The average Bonchev–Trinajstić information content (AvgIpc) is 2.87. The first-order valence-corrected chi connectivity index (χ1v) is 5.32. The van der Waals surface area contributed by atoms with Crippen LogP contribution in [0, 0.1) is 0 Å². The molecule has 86 valence electrons. The molecule has 0 aromatic carbocycles. The van der Waals surface area contributed by atoms with Crippen LogP contribution in [0.15, 0.2) is 16.9 Å². The van der Waals surface area contributed by atoms with Crippen LogP contribution in [0.3, 0.4) is 0 Å². The van der Waals surface area contributed by atoms with E-state index in [4.69, 9.17) is 4.52 Å². The minimum atomic E-state index is 0.597. The molecular formula is C10H15N5O. The van der Waals surface area contributed by atoms with E-state index in [0.717, 1.165) is 25.1 Å². The number of aromatic nitrogens is 4. The second-order valence-electron chi connectivity index (χ2n) is 3.52. The maximum atomic E-state index is 5.14. The highest BCUT2D eigenvalue weighted by Gasteiger charge is 2.09. The standard InChI is InChI=1S/C10H15N5O/c1-3-11-5-4-9-13-10(14-16-9)8-6-12-15(2)7-8/h6-7,11H,3-5H2,1-2H3. The Morgan fingerprint density at radius 3 is 3.06 bits per heavy atom. The third-order valence-electron chi connectivity index (χ3n) is 2.20. The summed E-state index contributed by atoms with van der Waals surface area (Å²) in [6, 6.07) is 0. The molecule has 16 heavy (non-hydrogen) atoms. The van der Waals surface area contributed by atoms with Gasteiger partial charge in [0, 0.05) is 26.2 Å². The Hall–Kier alpha value is -1.69. The van der Waals surface area contributed by atoms with Gasteiger partial charge >= 0.3 is 0 Å². The van der Waals surface area contributed by atoms with E-state index in [-0.39, 0.29) is 0 Å². The van der Waals surface area contributed by atoms with Crippen LogP contribution < -0.4 is 5.32 Å². The summed E-state index contributed by atoms with van der Waals surface area (Å²) < 4.78 is 6.85. The summed E-state index contributed by atoms with van der Waals surface area (Å²) in [5, 5.41) is 11.2. The van der Waals surface area contributed by atoms with E-state index in [1.54, 1.807) is 10.9 Å². The first-order chi connectivity index (χ1) is 7.79. The fourth-order valence-electron chi connectivity index (χ4n) is 1.38. The van der Waals surface area contributed by atoms with Gasteiger partial charge in [0.15, 0.2) is 0 Å². The summed E-state index contributed by atoms with van der Waals surface area (Å²) in [5.41, 5.74) is 0.876. The molecule has 2 aromatic heterocycles. The van der Waals surface area contributed by atoms with Crippen LogP contribution in [-0.2, 0) is 13.5 Å². The molecule has 0 saturated carbocycles. The van der Waals surface area contributed by atoms with E-state index < -0.39 is 0 Å². The van der Waals surface area contributed by atoms with Gasteiger partial charge in [-0.15, -0.1) is 0 Å². The van der Waals surface area contributed by atoms with Crippen LogP contribution in [-0.4, -0.2) is 33.0 Å². The van der Waals surface area contributed by atoms with Crippen molar-refractivity contribution in [3.8, 4) is 11.4 Å². The highest BCUT2D eigenvalue weighted by molar-refractivity contribution is 5.50. The summed E-state index contributed by atoms with van der Waals surface area (Å²) in [6.45, 7) is 3.86. The number of likely N-dealkylation sites (N-methyl/N-ethyl adjacent to an activating group) is 1. The van der Waals surface area contributed by atoms with E-state index in [0.29, 0.717) is 11.7 Å². The number of nitrogens with zero attached hydrogens (tertiary/aromatic N) is 4. The molecule has 0 aliphatic carbocycles. The predicted molar refractivity (Wildman–Crippen MR) is 58.7 cm³/mol. The lowest BCUT2D eigenvalue weighted by Crippen LogP contribution is -2.16. The zero-order valence-corrected chi connectivity index (χ0v) is 9.47. The normalized spacial score (nSPS) is 10.9. The molecule has 0 aliphatic heterocycles. The molecule has 0 radical (unpaired) electrons. The second-order valence-corrected chi connectivity index (χ2v) is 3.52. The number of aryl methyl sites for hydroxylation is 1. The lowest BCUT2D eigenvalue weighted by molar-refractivity contribution is 0.377. The number of hydrogen-bond donors (Lipinski definition) is 1. The summed E-state index contributed by atoms with van der Waals surface area (Å²) in [7, 11) is 1.86. The van der Waals surface area contributed by atoms with Crippen molar-refractivity contribution < 1.29 is 4.52 Å². The highest BCUT2D eigenvalue weighted by atomic mass is 16.5. The fourth-order valence-corrected chi connectivity index (χ4v) is 1.38. The van der Waals surface area contributed by atoms with Crippen LogP contribution in [0.5, 0.6) is 0 Å². The lowest BCUT2D eigenvalue weighted by Gasteiger charge is -1.94. The summed E-state index contributed by atoms with van der Waals surface area (Å²) >= 11 is 0. The Balaban J connectivity index is 2.02. The van der Waals surface area contributed by atoms with Crippen molar-refractivity contribution in [2.24, 2.45) is 7.05 Å². The zero-order valence-electron chi connectivity index (χ0n) is 9.47. The monoisotopic (exact) mass is 221 g/mol. The van der Waals surface area contributed by atoms with Crippen molar-refractivity contribution in [1.29, 1.82) is 0 Å². The number of nitrogens with one attached hydrogen (secondary N) is 1. The Labute approximate surface area is 93.7 Å². The van der Waals surface area contributed by atoms with E-state index in [1.807, 2.05) is 13.2 Å². The van der Waals surface area contributed by atoms with Crippen LogP contribution in [0.1, 0.15) is 12.8 Å². The van der Waals surface area contributed by atoms with E-state index in [9.17, 15) is 0 Å². The van der Waals surface area contributed by atoms with Gasteiger partial charge in [0.05, 0.1) is 11.8 Å². The maximum absolute atomic E-state index is 5.14. The van der Waals surface area contributed by atoms with Gasteiger partial charge in [-0.25, -0.2) is 0 Å². The molecule has 0 saturated heterocycles. The highest BCUT2D eigenvalue weighted by Crippen LogP contribution is 2.13. The van der Waals surface area contributed by atoms with Gasteiger partial charge in [-0.2, -0.15) is 10.1 Å². The van der Waals surface area contributed by atoms with Gasteiger partial charge < -0.3 is 9.84 Å². The molecule has 6 heteroatoms. The molecule has 0 fully saturated rings. The topological polar surface area (TPSA) is 68.8 Å². The quantitative estimate of drug-likeness (QED) is 0.750.